The Bertz CT molecular complexity index is 380. The van der Waals surface area contributed by atoms with Gasteiger partial charge in [0.2, 0.25) is 0 Å². The lowest BCUT2D eigenvalue weighted by Gasteiger charge is -2.18. The van der Waals surface area contributed by atoms with E-state index >= 15 is 0 Å². The maximum absolute atomic E-state index is 9.28. The van der Waals surface area contributed by atoms with Crippen molar-refractivity contribution < 1.29 is 9.84 Å². The number of nitrogen functional groups attached to an aromatic ring is 1. The average Bonchev–Trinajstić information content (AvgIpc) is 2.78. The Morgan fingerprint density at radius 2 is 2.08 bits per heavy atom. The van der Waals surface area contributed by atoms with Crippen molar-refractivity contribution >= 4 is 17.1 Å². The summed E-state index contributed by atoms with van der Waals surface area (Å²) in [5, 5.41) is 15.5. The van der Waals surface area contributed by atoms with E-state index in [4.69, 9.17) is 10.5 Å². The highest BCUT2D eigenvalue weighted by Gasteiger charge is 2.43. The van der Waals surface area contributed by atoms with Crippen LogP contribution < -0.4 is 16.4 Å². The summed E-state index contributed by atoms with van der Waals surface area (Å²) >= 11 is 0. The Balaban J connectivity index is 2.12. The molecular weight excluding hydrogens is 170 g/mol. The summed E-state index contributed by atoms with van der Waals surface area (Å²) in [6.45, 7) is 0. The molecular formula is C8H9N3O2. The van der Waals surface area contributed by atoms with E-state index in [0.29, 0.717) is 5.69 Å². The number of fused-ring (bicyclic) bond motifs is 2. The van der Waals surface area contributed by atoms with Crippen LogP contribution in [0.4, 0.5) is 17.1 Å². The van der Waals surface area contributed by atoms with Crippen molar-refractivity contribution in [3.05, 3.63) is 12.1 Å². The fourth-order valence-electron chi connectivity index (χ4n) is 1.55. The summed E-state index contributed by atoms with van der Waals surface area (Å²) in [7, 11) is 0. The van der Waals surface area contributed by atoms with Crippen LogP contribution in [0, 0.1) is 0 Å². The third-order valence-electron chi connectivity index (χ3n) is 2.23. The van der Waals surface area contributed by atoms with Crippen molar-refractivity contribution in [2.45, 2.75) is 12.5 Å². The van der Waals surface area contributed by atoms with Gasteiger partial charge in [-0.15, -0.1) is 0 Å². The minimum Gasteiger partial charge on any atom is -0.508 e. The molecule has 13 heavy (non-hydrogen) atoms. The maximum atomic E-state index is 9.28. The van der Waals surface area contributed by atoms with Crippen LogP contribution in [0.5, 0.6) is 5.75 Å². The molecule has 0 aromatic heterocycles. The molecule has 0 bridgehead atoms. The number of aromatic hydroxyl groups is 1. The molecule has 5 heteroatoms. The van der Waals surface area contributed by atoms with Crippen molar-refractivity contribution in [1.29, 1.82) is 0 Å². The predicted octanol–water partition coefficient (Wildman–Crippen LogP) is 0.494. The van der Waals surface area contributed by atoms with Gasteiger partial charge in [-0.1, -0.05) is 0 Å². The van der Waals surface area contributed by atoms with E-state index in [9.17, 15) is 5.11 Å². The predicted molar refractivity (Wildman–Crippen MR) is 48.4 cm³/mol. The highest BCUT2D eigenvalue weighted by molar-refractivity contribution is 5.85. The van der Waals surface area contributed by atoms with Gasteiger partial charge in [-0.05, 0) is 0 Å². The maximum Gasteiger partial charge on any atom is 0.176 e. The van der Waals surface area contributed by atoms with E-state index in [0.717, 1.165) is 11.4 Å². The molecule has 0 saturated carbocycles. The Morgan fingerprint density at radius 1 is 1.31 bits per heavy atom. The first kappa shape index (κ1) is 6.85. The molecule has 0 spiro atoms. The summed E-state index contributed by atoms with van der Waals surface area (Å²) in [4.78, 5) is 0. The van der Waals surface area contributed by atoms with Crippen molar-refractivity contribution in [3.8, 4) is 5.75 Å². The zero-order chi connectivity index (χ0) is 9.00. The largest absolute Gasteiger partial charge is 0.508 e. The topological polar surface area (TPSA) is 82.8 Å². The number of ether oxygens (including phenoxy) is 1. The number of rotatable bonds is 0. The molecule has 1 saturated heterocycles. The van der Waals surface area contributed by atoms with Crippen molar-refractivity contribution in [2.75, 3.05) is 16.4 Å². The fourth-order valence-corrected chi connectivity index (χ4v) is 1.55. The number of hydrogen-bond acceptors (Lipinski definition) is 5. The highest BCUT2D eigenvalue weighted by Crippen LogP contribution is 2.41. The van der Waals surface area contributed by atoms with Crippen LogP contribution in [0.1, 0.15) is 0 Å². The van der Waals surface area contributed by atoms with Crippen LogP contribution in [0.3, 0.4) is 0 Å². The number of anilines is 3. The van der Waals surface area contributed by atoms with Gasteiger partial charge in [-0.3, -0.25) is 0 Å². The lowest BCUT2D eigenvalue weighted by atomic mass is 10.2. The van der Waals surface area contributed by atoms with Crippen molar-refractivity contribution in [1.82, 2.24) is 0 Å². The normalized spacial score (nSPS) is 28.0. The molecule has 0 aliphatic carbocycles. The second kappa shape index (κ2) is 2.00. The quantitative estimate of drug-likeness (QED) is 0.265. The van der Waals surface area contributed by atoms with Gasteiger partial charge in [-0.25, -0.2) is 0 Å². The molecule has 3 rings (SSSR count). The first-order valence-corrected chi connectivity index (χ1v) is 4.05. The molecule has 2 unspecified atom stereocenters. The number of hydrogen-bond donors (Lipinski definition) is 4. The molecule has 5 nitrogen and oxygen atoms in total. The van der Waals surface area contributed by atoms with Crippen LogP contribution in [0.2, 0.25) is 0 Å². The summed E-state index contributed by atoms with van der Waals surface area (Å²) in [5.74, 6) is 0.157. The Kier molecular flexibility index (Phi) is 1.05. The second-order valence-corrected chi connectivity index (χ2v) is 3.22. The van der Waals surface area contributed by atoms with E-state index in [2.05, 4.69) is 10.6 Å². The van der Waals surface area contributed by atoms with Gasteiger partial charge in [0.1, 0.15) is 5.75 Å². The number of epoxide rings is 1. The highest BCUT2D eigenvalue weighted by atomic mass is 16.6. The zero-order valence-electron chi connectivity index (χ0n) is 6.74. The SMILES string of the molecule is Nc1cc(O)cc2c1NC1OC1N2. The van der Waals surface area contributed by atoms with Crippen LogP contribution in [0.15, 0.2) is 12.1 Å². The molecule has 0 amide bonds. The molecule has 68 valence electrons. The van der Waals surface area contributed by atoms with Crippen LogP contribution in [-0.2, 0) is 4.74 Å². The van der Waals surface area contributed by atoms with E-state index in [1.807, 2.05) is 0 Å². The number of phenols is 1. The van der Waals surface area contributed by atoms with E-state index < -0.39 is 0 Å². The van der Waals surface area contributed by atoms with Gasteiger partial charge in [-0.2, -0.15) is 0 Å². The van der Waals surface area contributed by atoms with Crippen molar-refractivity contribution in [3.63, 3.8) is 0 Å². The minimum absolute atomic E-state index is 0.0219. The van der Waals surface area contributed by atoms with Gasteiger partial charge in [0.05, 0.1) is 17.1 Å². The Hall–Kier alpha value is -1.62. The number of nitrogens with two attached hydrogens (primary N) is 1. The van der Waals surface area contributed by atoms with E-state index in [1.54, 1.807) is 6.07 Å². The Morgan fingerprint density at radius 3 is 2.92 bits per heavy atom. The fraction of sp³-hybridized carbons (Fsp3) is 0.250. The summed E-state index contributed by atoms with van der Waals surface area (Å²) < 4.78 is 5.20. The Labute approximate surface area is 74.5 Å². The molecule has 1 aromatic carbocycles. The van der Waals surface area contributed by atoms with Gasteiger partial charge in [0.15, 0.2) is 12.5 Å². The summed E-state index contributed by atoms with van der Waals surface area (Å²) in [5.41, 5.74) is 7.82. The third-order valence-corrected chi connectivity index (χ3v) is 2.23. The second-order valence-electron chi connectivity index (χ2n) is 3.22. The minimum atomic E-state index is 0.0219. The molecule has 5 N–H and O–H groups in total. The summed E-state index contributed by atoms with van der Waals surface area (Å²) in [6, 6.07) is 3.13. The third kappa shape index (κ3) is 0.905. The van der Waals surface area contributed by atoms with Gasteiger partial charge >= 0.3 is 0 Å². The molecule has 1 aromatic rings. The standard InChI is InChI=1S/C8H9N3O2/c9-4-1-3(12)2-5-6(4)11-8-7(10-5)13-8/h1-2,7-8,10-12H,9H2. The average molecular weight is 179 g/mol. The monoisotopic (exact) mass is 179 g/mol. The zero-order valence-corrected chi connectivity index (χ0v) is 6.74. The molecule has 2 aliphatic rings. The van der Waals surface area contributed by atoms with E-state index in [1.165, 1.54) is 6.07 Å². The molecule has 1 fully saturated rings. The van der Waals surface area contributed by atoms with Crippen LogP contribution >= 0.6 is 0 Å². The first-order valence-electron chi connectivity index (χ1n) is 4.05. The first-order chi connectivity index (χ1) is 6.24. The van der Waals surface area contributed by atoms with Gasteiger partial charge < -0.3 is 26.2 Å². The van der Waals surface area contributed by atoms with Crippen molar-refractivity contribution in [2.24, 2.45) is 0 Å². The number of phenolic OH excluding ortho intramolecular Hbond substituents is 1. The van der Waals surface area contributed by atoms with E-state index in [-0.39, 0.29) is 18.2 Å². The lowest BCUT2D eigenvalue weighted by Crippen LogP contribution is -2.21. The molecule has 0 radical (unpaired) electrons. The molecule has 2 heterocycles. The van der Waals surface area contributed by atoms with Gasteiger partial charge in [0, 0.05) is 12.1 Å². The number of benzene rings is 1. The lowest BCUT2D eigenvalue weighted by molar-refractivity contribution is 0.398. The molecule has 2 atom stereocenters. The van der Waals surface area contributed by atoms with Crippen LogP contribution in [0.25, 0.3) is 0 Å². The smallest absolute Gasteiger partial charge is 0.176 e. The van der Waals surface area contributed by atoms with Crippen LogP contribution in [-0.4, -0.2) is 17.6 Å². The summed E-state index contributed by atoms with van der Waals surface area (Å²) in [6.07, 6.45) is 0.0491. The number of nitrogens with one attached hydrogen (secondary N) is 2. The molecule has 2 aliphatic heterocycles. The van der Waals surface area contributed by atoms with Gasteiger partial charge in [0.25, 0.3) is 0 Å².